The minimum absolute atomic E-state index is 0.0300. The lowest BCUT2D eigenvalue weighted by Crippen LogP contribution is -2.15. The molecule has 0 radical (unpaired) electrons. The molecule has 2 rings (SSSR count). The third-order valence-corrected chi connectivity index (χ3v) is 4.46. The largest absolute Gasteiger partial charge is 0.266 e. The summed E-state index contributed by atoms with van der Waals surface area (Å²) in [6, 6.07) is 0.394. The Labute approximate surface area is 120 Å². The number of rotatable bonds is 4. The molecule has 0 aliphatic rings. The molecule has 0 saturated carbocycles. The predicted molar refractivity (Wildman–Crippen MR) is 66.6 cm³/mol. The van der Waals surface area contributed by atoms with Gasteiger partial charge in [-0.15, -0.1) is 11.6 Å². The van der Waals surface area contributed by atoms with Crippen molar-refractivity contribution in [2.75, 3.05) is 4.72 Å². The molecule has 0 amide bonds. The van der Waals surface area contributed by atoms with E-state index in [1.807, 2.05) is 4.72 Å². The summed E-state index contributed by atoms with van der Waals surface area (Å²) in [5, 5.41) is -0.162. The van der Waals surface area contributed by atoms with Gasteiger partial charge in [0.25, 0.3) is 10.0 Å². The molecule has 0 saturated heterocycles. The number of sulfonamides is 1. The Balaban J connectivity index is 2.37. The highest BCUT2D eigenvalue weighted by Crippen LogP contribution is 2.22. The maximum absolute atomic E-state index is 13.4. The van der Waals surface area contributed by atoms with Crippen LogP contribution in [0.2, 0.25) is 0 Å². The second kappa shape index (κ2) is 5.54. The fourth-order valence-corrected chi connectivity index (χ4v) is 3.30. The third-order valence-electron chi connectivity index (χ3n) is 2.07. The maximum Gasteiger partial charge on any atom is 0.266 e. The average Bonchev–Trinajstić information content (AvgIpc) is 2.80. The van der Waals surface area contributed by atoms with E-state index in [0.717, 1.165) is 0 Å². The maximum atomic E-state index is 13.4. The van der Waals surface area contributed by atoms with Crippen molar-refractivity contribution in [3.8, 4) is 0 Å². The van der Waals surface area contributed by atoms with Crippen LogP contribution in [0, 0.1) is 17.5 Å². The smallest absolute Gasteiger partial charge is 0.253 e. The van der Waals surface area contributed by atoms with Crippen molar-refractivity contribution in [1.82, 2.24) is 9.36 Å². The minimum Gasteiger partial charge on any atom is -0.253 e. The van der Waals surface area contributed by atoms with Gasteiger partial charge in [-0.2, -0.15) is 4.37 Å². The zero-order valence-electron chi connectivity index (χ0n) is 9.40. The van der Waals surface area contributed by atoms with Crippen LogP contribution in [-0.2, 0) is 15.9 Å². The van der Waals surface area contributed by atoms with Crippen LogP contribution < -0.4 is 4.72 Å². The second-order valence-electron chi connectivity index (χ2n) is 3.45. The van der Waals surface area contributed by atoms with Crippen molar-refractivity contribution in [1.29, 1.82) is 0 Å². The fraction of sp³-hybridized carbons (Fsp3) is 0.111. The van der Waals surface area contributed by atoms with E-state index in [9.17, 15) is 21.6 Å². The summed E-state index contributed by atoms with van der Waals surface area (Å²) in [6.45, 7) is 0. The van der Waals surface area contributed by atoms with Crippen molar-refractivity contribution in [2.24, 2.45) is 0 Å². The molecular formula is C9H5ClF3N3O2S2. The first kappa shape index (κ1) is 15.0. The van der Waals surface area contributed by atoms with Gasteiger partial charge in [-0.25, -0.2) is 26.6 Å². The van der Waals surface area contributed by atoms with E-state index in [1.54, 1.807) is 0 Å². The van der Waals surface area contributed by atoms with Crippen LogP contribution in [0.15, 0.2) is 17.0 Å². The topological polar surface area (TPSA) is 72.0 Å². The summed E-state index contributed by atoms with van der Waals surface area (Å²) in [5.74, 6) is -4.23. The Morgan fingerprint density at radius 3 is 2.45 bits per heavy atom. The molecule has 0 spiro atoms. The molecule has 2 aromatic rings. The normalized spacial score (nSPS) is 11.6. The number of anilines is 1. The van der Waals surface area contributed by atoms with Crippen molar-refractivity contribution in [3.63, 3.8) is 0 Å². The summed E-state index contributed by atoms with van der Waals surface area (Å²) >= 11 is 6.13. The average molecular weight is 344 g/mol. The molecule has 108 valence electrons. The summed E-state index contributed by atoms with van der Waals surface area (Å²) < 4.78 is 68.5. The molecule has 20 heavy (non-hydrogen) atoms. The Morgan fingerprint density at radius 2 is 1.85 bits per heavy atom. The van der Waals surface area contributed by atoms with Crippen LogP contribution in [0.25, 0.3) is 0 Å². The first-order valence-corrected chi connectivity index (χ1v) is 7.68. The highest BCUT2D eigenvalue weighted by Gasteiger charge is 2.23. The first-order chi connectivity index (χ1) is 9.33. The molecule has 0 aliphatic carbocycles. The van der Waals surface area contributed by atoms with Gasteiger partial charge in [0.2, 0.25) is 5.13 Å². The van der Waals surface area contributed by atoms with E-state index >= 15 is 0 Å². The molecule has 0 bridgehead atoms. The van der Waals surface area contributed by atoms with Gasteiger partial charge in [-0.3, -0.25) is 4.72 Å². The van der Waals surface area contributed by atoms with E-state index in [2.05, 4.69) is 9.36 Å². The number of hydrogen-bond donors (Lipinski definition) is 1. The third kappa shape index (κ3) is 3.02. The van der Waals surface area contributed by atoms with Crippen LogP contribution in [0.1, 0.15) is 5.82 Å². The monoisotopic (exact) mass is 343 g/mol. The second-order valence-corrected chi connectivity index (χ2v) is 6.12. The molecule has 0 aliphatic heterocycles. The number of nitrogens with zero attached hydrogens (tertiary/aromatic N) is 2. The first-order valence-electron chi connectivity index (χ1n) is 4.89. The van der Waals surface area contributed by atoms with Gasteiger partial charge >= 0.3 is 0 Å². The fourth-order valence-electron chi connectivity index (χ4n) is 1.23. The quantitative estimate of drug-likeness (QED) is 0.684. The van der Waals surface area contributed by atoms with Crippen molar-refractivity contribution >= 4 is 38.3 Å². The zero-order valence-corrected chi connectivity index (χ0v) is 11.8. The van der Waals surface area contributed by atoms with Crippen molar-refractivity contribution in [3.05, 3.63) is 35.4 Å². The van der Waals surface area contributed by atoms with Gasteiger partial charge < -0.3 is 0 Å². The Hall–Kier alpha value is -1.39. The van der Waals surface area contributed by atoms with Crippen LogP contribution in [-0.4, -0.2) is 17.8 Å². The van der Waals surface area contributed by atoms with Gasteiger partial charge in [0.1, 0.15) is 10.7 Å². The van der Waals surface area contributed by atoms with Gasteiger partial charge in [-0.1, -0.05) is 0 Å². The summed E-state index contributed by atoms with van der Waals surface area (Å²) in [7, 11) is -4.44. The standard InChI is InChI=1S/C9H5ClF3N3O2S2/c10-3-8-14-9(19-15-8)16-20(17,18)7-2-5(12)4(11)1-6(7)13/h1-2H,3H2,(H,14,15,16). The lowest BCUT2D eigenvalue weighted by atomic mass is 10.3. The van der Waals surface area contributed by atoms with Crippen LogP contribution in [0.5, 0.6) is 0 Å². The highest BCUT2D eigenvalue weighted by molar-refractivity contribution is 7.93. The molecule has 11 heteroatoms. The number of nitrogens with one attached hydrogen (secondary N) is 1. The molecule has 0 fully saturated rings. The highest BCUT2D eigenvalue weighted by atomic mass is 35.5. The summed E-state index contributed by atoms with van der Waals surface area (Å²) in [6.07, 6.45) is 0. The lowest BCUT2D eigenvalue weighted by Gasteiger charge is -2.06. The van der Waals surface area contributed by atoms with Crippen LogP contribution in [0.3, 0.4) is 0 Å². The SMILES string of the molecule is O=S(=O)(Nc1nc(CCl)ns1)c1cc(F)c(F)cc1F. The Kier molecular flexibility index (Phi) is 4.16. The zero-order chi connectivity index (χ0) is 14.9. The molecule has 0 unspecified atom stereocenters. The molecule has 5 nitrogen and oxygen atoms in total. The molecule has 1 aromatic carbocycles. The van der Waals surface area contributed by atoms with Crippen molar-refractivity contribution < 1.29 is 21.6 Å². The molecule has 1 heterocycles. The van der Waals surface area contributed by atoms with E-state index < -0.39 is 32.4 Å². The van der Waals surface area contributed by atoms with E-state index in [4.69, 9.17) is 11.6 Å². The van der Waals surface area contributed by atoms with Gasteiger partial charge in [-0.05, 0) is 0 Å². The number of hydrogen-bond acceptors (Lipinski definition) is 5. The van der Waals surface area contributed by atoms with Crippen LogP contribution >= 0.6 is 23.1 Å². The van der Waals surface area contributed by atoms with Gasteiger partial charge in [0, 0.05) is 23.7 Å². The Morgan fingerprint density at radius 1 is 1.20 bits per heavy atom. The Bertz CT molecular complexity index is 751. The lowest BCUT2D eigenvalue weighted by molar-refractivity contribution is 0.482. The summed E-state index contributed by atoms with van der Waals surface area (Å²) in [4.78, 5) is 2.68. The molecule has 1 aromatic heterocycles. The van der Waals surface area contributed by atoms with E-state index in [0.29, 0.717) is 11.5 Å². The number of halogens is 4. The van der Waals surface area contributed by atoms with Gasteiger partial charge in [0.05, 0.1) is 5.88 Å². The number of aromatic nitrogens is 2. The molecule has 1 N–H and O–H groups in total. The number of alkyl halides is 1. The van der Waals surface area contributed by atoms with Gasteiger partial charge in [0.15, 0.2) is 17.5 Å². The molecular weight excluding hydrogens is 339 g/mol. The summed E-state index contributed by atoms with van der Waals surface area (Å²) in [5.41, 5.74) is 0. The van der Waals surface area contributed by atoms with E-state index in [1.165, 1.54) is 0 Å². The predicted octanol–water partition coefficient (Wildman–Crippen LogP) is 2.50. The van der Waals surface area contributed by atoms with Crippen LogP contribution in [0.4, 0.5) is 18.3 Å². The molecule has 0 atom stereocenters. The van der Waals surface area contributed by atoms with Crippen molar-refractivity contribution in [2.45, 2.75) is 10.8 Å². The van der Waals surface area contributed by atoms with E-state index in [-0.39, 0.29) is 29.0 Å². The minimum atomic E-state index is -4.44. The number of benzene rings is 1.